The average molecular weight is 350 g/mol. The molecule has 0 aliphatic heterocycles. The summed E-state index contributed by atoms with van der Waals surface area (Å²) < 4.78 is 45.2. The third-order valence-corrected chi connectivity index (χ3v) is 3.48. The van der Waals surface area contributed by atoms with Crippen LogP contribution >= 0.6 is 0 Å². The van der Waals surface area contributed by atoms with Gasteiger partial charge in [0.15, 0.2) is 5.82 Å². The molecule has 0 fully saturated rings. The normalized spacial score (nSPS) is 11.0. The number of alkyl halides is 3. The molecule has 132 valence electrons. The number of aromatic nitrogens is 2. The maximum Gasteiger partial charge on any atom is 0.421 e. The molecular formula is C17H17F3N4O. The Hall–Kier alpha value is -2.82. The van der Waals surface area contributed by atoms with Gasteiger partial charge in [0.1, 0.15) is 5.56 Å². The largest absolute Gasteiger partial charge is 0.463 e. The number of anilines is 2. The molecular weight excluding hydrogens is 333 g/mol. The van der Waals surface area contributed by atoms with Crippen molar-refractivity contribution in [3.8, 4) is 12.1 Å². The third kappa shape index (κ3) is 4.59. The van der Waals surface area contributed by atoms with Crippen LogP contribution in [0.15, 0.2) is 30.5 Å². The van der Waals surface area contributed by atoms with E-state index in [1.54, 1.807) is 12.1 Å². The highest BCUT2D eigenvalue weighted by Crippen LogP contribution is 2.37. The first-order chi connectivity index (χ1) is 11.9. The van der Waals surface area contributed by atoms with Gasteiger partial charge in [-0.2, -0.15) is 23.4 Å². The van der Waals surface area contributed by atoms with E-state index in [4.69, 9.17) is 10.00 Å². The Balaban J connectivity index is 2.39. The van der Waals surface area contributed by atoms with Crippen molar-refractivity contribution < 1.29 is 17.9 Å². The maximum atomic E-state index is 13.3. The first-order valence-electron chi connectivity index (χ1n) is 7.67. The van der Waals surface area contributed by atoms with Gasteiger partial charge in [-0.25, -0.2) is 4.98 Å². The molecule has 2 rings (SSSR count). The number of hydrogen-bond donors (Lipinski definition) is 0. The first kappa shape index (κ1) is 18.5. The van der Waals surface area contributed by atoms with Gasteiger partial charge in [-0.1, -0.05) is 13.3 Å². The highest BCUT2D eigenvalue weighted by Gasteiger charge is 2.36. The van der Waals surface area contributed by atoms with Crippen molar-refractivity contribution in [2.75, 3.05) is 18.6 Å². The Labute approximate surface area is 143 Å². The first-order valence-corrected chi connectivity index (χ1v) is 7.67. The zero-order valence-corrected chi connectivity index (χ0v) is 13.8. The van der Waals surface area contributed by atoms with Gasteiger partial charge in [0.25, 0.3) is 0 Å². The van der Waals surface area contributed by atoms with Crippen LogP contribution in [0.1, 0.15) is 30.9 Å². The van der Waals surface area contributed by atoms with E-state index in [2.05, 4.69) is 9.97 Å². The van der Waals surface area contributed by atoms with Crippen molar-refractivity contribution in [1.29, 1.82) is 5.26 Å². The van der Waals surface area contributed by atoms with E-state index < -0.39 is 11.7 Å². The summed E-state index contributed by atoms with van der Waals surface area (Å²) in [5, 5.41) is 8.82. The Morgan fingerprint density at radius 1 is 1.24 bits per heavy atom. The minimum Gasteiger partial charge on any atom is -0.463 e. The Morgan fingerprint density at radius 3 is 2.48 bits per heavy atom. The molecule has 1 heterocycles. The second-order valence-corrected chi connectivity index (χ2v) is 5.31. The lowest BCUT2D eigenvalue weighted by Crippen LogP contribution is -2.19. The van der Waals surface area contributed by atoms with Gasteiger partial charge in [0.2, 0.25) is 0 Å². The molecule has 0 bridgehead atoms. The fraction of sp³-hybridized carbons (Fsp3) is 0.353. The minimum absolute atomic E-state index is 0.100. The van der Waals surface area contributed by atoms with Crippen molar-refractivity contribution in [3.05, 3.63) is 41.6 Å². The van der Waals surface area contributed by atoms with E-state index in [9.17, 15) is 13.2 Å². The average Bonchev–Trinajstić information content (AvgIpc) is 2.60. The zero-order chi connectivity index (χ0) is 18.4. The lowest BCUT2D eigenvalue weighted by atomic mass is 10.2. The predicted molar refractivity (Wildman–Crippen MR) is 86.7 cm³/mol. The van der Waals surface area contributed by atoms with Crippen molar-refractivity contribution in [2.24, 2.45) is 0 Å². The molecule has 1 aromatic carbocycles. The zero-order valence-electron chi connectivity index (χ0n) is 13.8. The Bertz CT molecular complexity index is 754. The molecule has 8 heteroatoms. The molecule has 5 nitrogen and oxygen atoms in total. The number of ether oxygens (including phenoxy) is 1. The predicted octanol–water partition coefficient (Wildman–Crippen LogP) is 4.31. The number of hydrogen-bond acceptors (Lipinski definition) is 5. The van der Waals surface area contributed by atoms with Crippen molar-refractivity contribution in [1.82, 2.24) is 9.97 Å². The van der Waals surface area contributed by atoms with Crippen LogP contribution in [0.2, 0.25) is 0 Å². The van der Waals surface area contributed by atoms with Crippen LogP contribution in [-0.2, 0) is 6.18 Å². The number of nitrogens with zero attached hydrogens (tertiary/aromatic N) is 4. The molecule has 0 N–H and O–H groups in total. The second kappa shape index (κ2) is 7.83. The summed E-state index contributed by atoms with van der Waals surface area (Å²) in [6.07, 6.45) is -2.23. The highest BCUT2D eigenvalue weighted by atomic mass is 19.4. The molecule has 0 radical (unpaired) electrons. The summed E-state index contributed by atoms with van der Waals surface area (Å²) in [4.78, 5) is 8.89. The van der Waals surface area contributed by atoms with E-state index in [0.29, 0.717) is 17.9 Å². The monoisotopic (exact) mass is 350 g/mol. The standard InChI is InChI=1S/C17H17F3N4O/c1-3-4-9-25-16-22-11-14(17(18,19)20)15(23-16)24(2)13-7-5-12(10-21)6-8-13/h5-8,11H,3-4,9H2,1-2H3. The van der Waals surface area contributed by atoms with Gasteiger partial charge in [-0.05, 0) is 30.7 Å². The maximum absolute atomic E-state index is 13.3. The van der Waals surface area contributed by atoms with Crippen LogP contribution in [0.3, 0.4) is 0 Å². The van der Waals surface area contributed by atoms with E-state index in [-0.39, 0.29) is 11.8 Å². The summed E-state index contributed by atoms with van der Waals surface area (Å²) in [5.74, 6) is -0.307. The van der Waals surface area contributed by atoms with Gasteiger partial charge in [0, 0.05) is 18.9 Å². The van der Waals surface area contributed by atoms with Crippen molar-refractivity contribution >= 4 is 11.5 Å². The summed E-state index contributed by atoms with van der Waals surface area (Å²) in [7, 11) is 1.47. The Kier molecular flexibility index (Phi) is 5.80. The van der Waals surface area contributed by atoms with E-state index >= 15 is 0 Å². The lowest BCUT2D eigenvalue weighted by molar-refractivity contribution is -0.137. The molecule has 1 aromatic heterocycles. The topological polar surface area (TPSA) is 62.0 Å². The minimum atomic E-state index is -4.60. The van der Waals surface area contributed by atoms with Crippen LogP contribution in [-0.4, -0.2) is 23.6 Å². The van der Waals surface area contributed by atoms with Crippen LogP contribution in [0.4, 0.5) is 24.7 Å². The molecule has 0 saturated carbocycles. The van der Waals surface area contributed by atoms with Gasteiger partial charge >= 0.3 is 12.2 Å². The summed E-state index contributed by atoms with van der Waals surface area (Å²) in [6.45, 7) is 2.31. The molecule has 0 aliphatic carbocycles. The van der Waals surface area contributed by atoms with Crippen LogP contribution in [0, 0.1) is 11.3 Å². The fourth-order valence-corrected chi connectivity index (χ4v) is 2.07. The number of benzene rings is 1. The molecule has 0 unspecified atom stereocenters. The fourth-order valence-electron chi connectivity index (χ4n) is 2.07. The summed E-state index contributed by atoms with van der Waals surface area (Å²) >= 11 is 0. The molecule has 25 heavy (non-hydrogen) atoms. The molecule has 0 amide bonds. The van der Waals surface area contributed by atoms with Gasteiger partial charge < -0.3 is 9.64 Å². The van der Waals surface area contributed by atoms with Gasteiger partial charge in [0.05, 0.1) is 18.2 Å². The smallest absolute Gasteiger partial charge is 0.421 e. The SMILES string of the molecule is CCCCOc1ncc(C(F)(F)F)c(N(C)c2ccc(C#N)cc2)n1. The third-order valence-electron chi connectivity index (χ3n) is 3.48. The molecule has 0 spiro atoms. The van der Waals surface area contributed by atoms with Crippen molar-refractivity contribution in [3.63, 3.8) is 0 Å². The number of nitriles is 1. The molecule has 2 aromatic rings. The lowest BCUT2D eigenvalue weighted by Gasteiger charge is -2.22. The number of unbranched alkanes of at least 4 members (excludes halogenated alkanes) is 1. The van der Waals surface area contributed by atoms with Gasteiger partial charge in [-0.15, -0.1) is 0 Å². The van der Waals surface area contributed by atoms with Crippen LogP contribution < -0.4 is 9.64 Å². The molecule has 0 saturated heterocycles. The van der Waals surface area contributed by atoms with E-state index in [0.717, 1.165) is 19.0 Å². The van der Waals surface area contributed by atoms with Crippen LogP contribution in [0.5, 0.6) is 6.01 Å². The Morgan fingerprint density at radius 2 is 1.92 bits per heavy atom. The number of halogens is 3. The molecule has 0 aliphatic rings. The number of rotatable bonds is 6. The van der Waals surface area contributed by atoms with Crippen LogP contribution in [0.25, 0.3) is 0 Å². The van der Waals surface area contributed by atoms with Gasteiger partial charge in [-0.3, -0.25) is 0 Å². The highest BCUT2D eigenvalue weighted by molar-refractivity contribution is 5.63. The van der Waals surface area contributed by atoms with E-state index in [1.165, 1.54) is 24.1 Å². The summed E-state index contributed by atoms with van der Waals surface area (Å²) in [5.41, 5.74) is -0.0793. The quantitative estimate of drug-likeness (QED) is 0.726. The molecule has 0 atom stereocenters. The van der Waals surface area contributed by atoms with Crippen molar-refractivity contribution in [2.45, 2.75) is 25.9 Å². The summed E-state index contributed by atoms with van der Waals surface area (Å²) in [6, 6.07) is 8.02. The second-order valence-electron chi connectivity index (χ2n) is 5.31. The van der Waals surface area contributed by atoms with E-state index in [1.807, 2.05) is 13.0 Å².